The second-order valence-electron chi connectivity index (χ2n) is 14.5. The first-order chi connectivity index (χ1) is 26.8. The Balaban J connectivity index is 1.12. The molecule has 8 heteroatoms. The molecule has 3 aliphatic rings. The van der Waals surface area contributed by atoms with E-state index in [0.717, 1.165) is 63.9 Å². The summed E-state index contributed by atoms with van der Waals surface area (Å²) in [5, 5.41) is 5.05. The molecule has 3 heterocycles. The van der Waals surface area contributed by atoms with E-state index in [-0.39, 0.29) is 24.0 Å². The first-order valence-electron chi connectivity index (χ1n) is 18.7. The molecule has 0 bridgehead atoms. The highest BCUT2D eigenvalue weighted by molar-refractivity contribution is 6.39. The standard InChI is InChI=1S/C47H38ClN3O4/c1-29-16-17-32-14-8-9-15-36(32)42(29)28-55-43-19-18-34(48)24-33(43)25-41-45(52)49-47(54)51(46(41)53)35-26-39-37(30-10-4-2-5-11-30)20-22-50-23-21-38(40(27-35)44(39)50)31-12-6-3-7-13-31/h2-19,24-27,37-38H,20-23,28H2,1H3,(H,49,52,54)/b41-25+/t37-,38-/m0/s1. The number of fused-ring (bicyclic) bond motifs is 1. The van der Waals surface area contributed by atoms with E-state index in [1.165, 1.54) is 22.9 Å². The zero-order valence-corrected chi connectivity index (χ0v) is 31.1. The van der Waals surface area contributed by atoms with Crippen LogP contribution >= 0.6 is 11.6 Å². The summed E-state index contributed by atoms with van der Waals surface area (Å²) in [6, 6.07) is 41.3. The summed E-state index contributed by atoms with van der Waals surface area (Å²) in [6.07, 6.45) is 3.27. The largest absolute Gasteiger partial charge is 0.488 e. The summed E-state index contributed by atoms with van der Waals surface area (Å²) in [7, 11) is 0. The number of carbonyl (C=O) groups is 3. The van der Waals surface area contributed by atoms with Gasteiger partial charge in [0.2, 0.25) is 0 Å². The number of nitrogens with one attached hydrogen (secondary N) is 1. The number of hydrogen-bond donors (Lipinski definition) is 1. The number of aryl methyl sites for hydroxylation is 1. The molecule has 6 aromatic rings. The summed E-state index contributed by atoms with van der Waals surface area (Å²) in [5.41, 5.74) is 8.47. The summed E-state index contributed by atoms with van der Waals surface area (Å²) in [6.45, 7) is 4.13. The summed E-state index contributed by atoms with van der Waals surface area (Å²) in [4.78, 5) is 45.4. The lowest BCUT2D eigenvalue weighted by atomic mass is 9.76. The van der Waals surface area contributed by atoms with Crippen LogP contribution in [0.5, 0.6) is 5.75 Å². The third kappa shape index (κ3) is 6.34. The van der Waals surface area contributed by atoms with Crippen LogP contribution in [0.25, 0.3) is 16.8 Å². The number of rotatable bonds is 7. The highest BCUT2D eigenvalue weighted by Crippen LogP contribution is 2.50. The molecule has 0 spiro atoms. The SMILES string of the molecule is Cc1ccc2ccccc2c1COc1ccc(Cl)cc1/C=C1\C(=O)NC(=O)N(c2cc3c4c(c2)[C@H](c2ccccc2)CCN4CC[C@H]3c2ccccc2)C1=O. The third-order valence-corrected chi connectivity index (χ3v) is 11.5. The van der Waals surface area contributed by atoms with Crippen LogP contribution in [0.2, 0.25) is 5.02 Å². The van der Waals surface area contributed by atoms with Crippen molar-refractivity contribution in [3.05, 3.63) is 177 Å². The van der Waals surface area contributed by atoms with Gasteiger partial charge in [-0.3, -0.25) is 14.9 Å². The van der Waals surface area contributed by atoms with Gasteiger partial charge < -0.3 is 9.64 Å². The van der Waals surface area contributed by atoms with Crippen LogP contribution in [0.3, 0.4) is 0 Å². The minimum Gasteiger partial charge on any atom is -0.488 e. The molecule has 272 valence electrons. The summed E-state index contributed by atoms with van der Waals surface area (Å²) < 4.78 is 6.40. The van der Waals surface area contributed by atoms with E-state index in [1.54, 1.807) is 18.2 Å². The Labute approximate surface area is 324 Å². The monoisotopic (exact) mass is 743 g/mol. The number of urea groups is 1. The Morgan fingerprint density at radius 3 is 2.07 bits per heavy atom. The smallest absolute Gasteiger partial charge is 0.335 e. The highest BCUT2D eigenvalue weighted by Gasteiger charge is 2.40. The minimum atomic E-state index is -0.788. The van der Waals surface area contributed by atoms with Crippen LogP contribution in [-0.2, 0) is 16.2 Å². The van der Waals surface area contributed by atoms with Crippen LogP contribution in [0, 0.1) is 6.92 Å². The average molecular weight is 744 g/mol. The second kappa shape index (κ2) is 14.2. The van der Waals surface area contributed by atoms with Gasteiger partial charge in [0.25, 0.3) is 11.8 Å². The number of barbiturate groups is 1. The van der Waals surface area contributed by atoms with Crippen molar-refractivity contribution in [3.8, 4) is 5.75 Å². The van der Waals surface area contributed by atoms with E-state index >= 15 is 0 Å². The van der Waals surface area contributed by atoms with E-state index in [2.05, 4.69) is 58.7 Å². The maximum atomic E-state index is 14.6. The lowest BCUT2D eigenvalue weighted by Gasteiger charge is -2.44. The van der Waals surface area contributed by atoms with Crippen molar-refractivity contribution in [1.29, 1.82) is 0 Å². The Bertz CT molecular complexity index is 2460. The van der Waals surface area contributed by atoms with Crippen molar-refractivity contribution in [2.24, 2.45) is 0 Å². The number of amides is 4. The second-order valence-corrected chi connectivity index (χ2v) is 14.9. The molecule has 1 fully saturated rings. The normalized spacial score (nSPS) is 18.7. The number of benzene rings is 6. The predicted octanol–water partition coefficient (Wildman–Crippen LogP) is 9.92. The molecular formula is C47H38ClN3O4. The Kier molecular flexibility index (Phi) is 8.95. The minimum absolute atomic E-state index is 0.0665. The van der Waals surface area contributed by atoms with Gasteiger partial charge in [0.1, 0.15) is 17.9 Å². The molecule has 0 aromatic heterocycles. The van der Waals surface area contributed by atoms with Crippen LogP contribution in [0.4, 0.5) is 16.2 Å². The lowest BCUT2D eigenvalue weighted by molar-refractivity contribution is -0.122. The van der Waals surface area contributed by atoms with Gasteiger partial charge in [-0.25, -0.2) is 9.69 Å². The zero-order chi connectivity index (χ0) is 37.6. The van der Waals surface area contributed by atoms with Gasteiger partial charge in [-0.05, 0) is 94.8 Å². The molecular weight excluding hydrogens is 706 g/mol. The van der Waals surface area contributed by atoms with E-state index < -0.39 is 17.8 Å². The van der Waals surface area contributed by atoms with E-state index in [9.17, 15) is 14.4 Å². The molecule has 0 unspecified atom stereocenters. The average Bonchev–Trinajstić information content (AvgIpc) is 3.20. The Morgan fingerprint density at radius 1 is 0.764 bits per heavy atom. The van der Waals surface area contributed by atoms with E-state index in [0.29, 0.717) is 22.0 Å². The number of anilines is 2. The molecule has 2 atom stereocenters. The number of halogens is 1. The van der Waals surface area contributed by atoms with Gasteiger partial charge in [0, 0.05) is 46.8 Å². The number of carbonyl (C=O) groups excluding carboxylic acids is 3. The fraction of sp³-hybridized carbons (Fsp3) is 0.170. The number of ether oxygens (including phenoxy) is 1. The first-order valence-corrected chi connectivity index (χ1v) is 19.1. The molecule has 0 saturated carbocycles. The zero-order valence-electron chi connectivity index (χ0n) is 30.3. The number of hydrogen-bond acceptors (Lipinski definition) is 5. The van der Waals surface area contributed by atoms with Gasteiger partial charge in [0.15, 0.2) is 0 Å². The van der Waals surface area contributed by atoms with Gasteiger partial charge >= 0.3 is 6.03 Å². The lowest BCUT2D eigenvalue weighted by Crippen LogP contribution is -2.54. The van der Waals surface area contributed by atoms with Crippen LogP contribution in [-0.4, -0.2) is 30.9 Å². The fourth-order valence-corrected chi connectivity index (χ4v) is 8.75. The summed E-state index contributed by atoms with van der Waals surface area (Å²) >= 11 is 6.48. The Hall–Kier alpha value is -6.18. The number of nitrogens with zero attached hydrogens (tertiary/aromatic N) is 2. The molecule has 1 N–H and O–H groups in total. The van der Waals surface area contributed by atoms with Gasteiger partial charge in [0.05, 0.1) is 5.69 Å². The molecule has 7 nitrogen and oxygen atoms in total. The van der Waals surface area contributed by atoms with E-state index in [4.69, 9.17) is 16.3 Å². The molecule has 6 aromatic carbocycles. The maximum absolute atomic E-state index is 14.6. The topological polar surface area (TPSA) is 79.0 Å². The molecule has 1 saturated heterocycles. The van der Waals surface area contributed by atoms with Gasteiger partial charge in [-0.1, -0.05) is 109 Å². The molecule has 0 radical (unpaired) electrons. The molecule has 3 aliphatic heterocycles. The number of imide groups is 2. The van der Waals surface area contributed by atoms with Crippen molar-refractivity contribution in [1.82, 2.24) is 5.32 Å². The maximum Gasteiger partial charge on any atom is 0.335 e. The quantitative estimate of drug-likeness (QED) is 0.130. The molecule has 55 heavy (non-hydrogen) atoms. The molecule has 0 aliphatic carbocycles. The van der Waals surface area contributed by atoms with Gasteiger partial charge in [-0.15, -0.1) is 0 Å². The summed E-state index contributed by atoms with van der Waals surface area (Å²) in [5.74, 6) is -0.916. The Morgan fingerprint density at radius 2 is 1.40 bits per heavy atom. The van der Waals surface area contributed by atoms with Crippen molar-refractivity contribution >= 4 is 57.7 Å². The third-order valence-electron chi connectivity index (χ3n) is 11.3. The molecule has 4 amide bonds. The molecule has 9 rings (SSSR count). The fourth-order valence-electron chi connectivity index (χ4n) is 8.57. The van der Waals surface area contributed by atoms with Crippen LogP contribution < -0.4 is 19.9 Å². The van der Waals surface area contributed by atoms with Crippen molar-refractivity contribution < 1.29 is 19.1 Å². The van der Waals surface area contributed by atoms with E-state index in [1.807, 2.05) is 67.6 Å². The predicted molar refractivity (Wildman–Crippen MR) is 218 cm³/mol. The van der Waals surface area contributed by atoms with Gasteiger partial charge in [-0.2, -0.15) is 0 Å². The van der Waals surface area contributed by atoms with Crippen molar-refractivity contribution in [3.63, 3.8) is 0 Å². The van der Waals surface area contributed by atoms with Crippen LogP contribution in [0.1, 0.15) is 63.6 Å². The van der Waals surface area contributed by atoms with Crippen LogP contribution in [0.15, 0.2) is 133 Å². The highest BCUT2D eigenvalue weighted by atomic mass is 35.5. The van der Waals surface area contributed by atoms with Crippen molar-refractivity contribution in [2.45, 2.75) is 38.2 Å². The first kappa shape index (κ1) is 34.6. The van der Waals surface area contributed by atoms with Crippen molar-refractivity contribution in [2.75, 3.05) is 22.9 Å².